The van der Waals surface area contributed by atoms with Crippen molar-refractivity contribution in [1.29, 1.82) is 0 Å². The zero-order valence-corrected chi connectivity index (χ0v) is 5.97. The van der Waals surface area contributed by atoms with Gasteiger partial charge in [-0.1, -0.05) is 0 Å². The van der Waals surface area contributed by atoms with Crippen LogP contribution < -0.4 is 4.74 Å². The second-order valence-electron chi connectivity index (χ2n) is 2.01. The molecule has 1 aromatic carbocycles. The molecule has 0 bridgehead atoms. The summed E-state index contributed by atoms with van der Waals surface area (Å²) in [6.45, 7) is 0. The molecule has 3 heteroatoms. The van der Waals surface area contributed by atoms with Crippen molar-refractivity contribution in [2.45, 2.75) is 6.43 Å². The smallest absolute Gasteiger partial charge is 0.264 e. The van der Waals surface area contributed by atoms with Crippen LogP contribution in [0.4, 0.5) is 8.78 Å². The Kier molecular flexibility index (Phi) is 2.41. The van der Waals surface area contributed by atoms with E-state index in [1.54, 1.807) is 0 Å². The molecule has 0 unspecified atom stereocenters. The second-order valence-corrected chi connectivity index (χ2v) is 2.01. The second kappa shape index (κ2) is 3.32. The van der Waals surface area contributed by atoms with Crippen molar-refractivity contribution >= 4 is 0 Å². The minimum absolute atomic E-state index is 0.0654. The summed E-state index contributed by atoms with van der Waals surface area (Å²) in [4.78, 5) is 0. The normalized spacial score (nSPS) is 10.2. The first-order chi connectivity index (χ1) is 5.24. The molecule has 0 spiro atoms. The molecule has 1 radical (unpaired) electrons. The fraction of sp³-hybridized carbons (Fsp3) is 0.250. The van der Waals surface area contributed by atoms with Gasteiger partial charge in [-0.15, -0.1) is 0 Å². The highest BCUT2D eigenvalue weighted by atomic mass is 19.3. The van der Waals surface area contributed by atoms with Crippen molar-refractivity contribution in [1.82, 2.24) is 0 Å². The molecule has 0 heterocycles. The zero-order chi connectivity index (χ0) is 8.27. The van der Waals surface area contributed by atoms with Crippen molar-refractivity contribution in [3.63, 3.8) is 0 Å². The number of hydrogen-bond donors (Lipinski definition) is 0. The Hall–Kier alpha value is -1.12. The van der Waals surface area contributed by atoms with Crippen LogP contribution in [0, 0.1) is 6.07 Å². The van der Waals surface area contributed by atoms with Crippen LogP contribution in [0.3, 0.4) is 0 Å². The summed E-state index contributed by atoms with van der Waals surface area (Å²) in [5, 5.41) is 0. The Labute approximate surface area is 63.6 Å². The van der Waals surface area contributed by atoms with E-state index in [1.807, 2.05) is 0 Å². The van der Waals surface area contributed by atoms with Crippen LogP contribution in [0.1, 0.15) is 12.0 Å². The van der Waals surface area contributed by atoms with Crippen LogP contribution in [0.5, 0.6) is 5.75 Å². The lowest BCUT2D eigenvalue weighted by Crippen LogP contribution is -1.86. The van der Waals surface area contributed by atoms with E-state index in [1.165, 1.54) is 25.3 Å². The largest absolute Gasteiger partial charge is 0.497 e. The van der Waals surface area contributed by atoms with E-state index in [2.05, 4.69) is 6.07 Å². The Morgan fingerprint density at radius 3 is 2.73 bits per heavy atom. The van der Waals surface area contributed by atoms with Crippen LogP contribution in [0.25, 0.3) is 0 Å². The van der Waals surface area contributed by atoms with Crippen LogP contribution in [-0.4, -0.2) is 7.11 Å². The van der Waals surface area contributed by atoms with Gasteiger partial charge in [0.15, 0.2) is 0 Å². The van der Waals surface area contributed by atoms with E-state index in [0.717, 1.165) is 0 Å². The Morgan fingerprint density at radius 2 is 2.18 bits per heavy atom. The fourth-order valence-corrected chi connectivity index (χ4v) is 0.711. The van der Waals surface area contributed by atoms with Crippen molar-refractivity contribution in [3.05, 3.63) is 29.8 Å². The lowest BCUT2D eigenvalue weighted by atomic mass is 10.2. The van der Waals surface area contributed by atoms with Gasteiger partial charge in [0.1, 0.15) is 5.75 Å². The predicted octanol–water partition coefficient (Wildman–Crippen LogP) is 2.43. The maximum atomic E-state index is 12.0. The highest BCUT2D eigenvalue weighted by Crippen LogP contribution is 2.21. The number of hydrogen-bond acceptors (Lipinski definition) is 1. The first-order valence-corrected chi connectivity index (χ1v) is 3.07. The molecule has 0 fully saturated rings. The van der Waals surface area contributed by atoms with Crippen molar-refractivity contribution in [3.8, 4) is 5.75 Å². The molecule has 1 nitrogen and oxygen atoms in total. The van der Waals surface area contributed by atoms with E-state index in [4.69, 9.17) is 4.74 Å². The van der Waals surface area contributed by atoms with E-state index < -0.39 is 6.43 Å². The monoisotopic (exact) mass is 157 g/mol. The Bertz CT molecular complexity index is 235. The molecule has 0 aliphatic heterocycles. The highest BCUT2D eigenvalue weighted by molar-refractivity contribution is 5.28. The number of methoxy groups -OCH3 is 1. The first kappa shape index (κ1) is 7.98. The average molecular weight is 157 g/mol. The minimum atomic E-state index is -2.46. The molecule has 0 aliphatic rings. The number of benzene rings is 1. The predicted molar refractivity (Wildman–Crippen MR) is 36.8 cm³/mol. The van der Waals surface area contributed by atoms with Gasteiger partial charge in [0.25, 0.3) is 6.43 Å². The third-order valence-corrected chi connectivity index (χ3v) is 1.27. The van der Waals surface area contributed by atoms with Gasteiger partial charge in [0, 0.05) is 5.56 Å². The summed E-state index contributed by atoms with van der Waals surface area (Å²) in [7, 11) is 1.43. The summed E-state index contributed by atoms with van der Waals surface area (Å²) in [5.41, 5.74) is -0.0654. The van der Waals surface area contributed by atoms with E-state index in [0.29, 0.717) is 5.75 Å². The molecule has 59 valence electrons. The van der Waals surface area contributed by atoms with Crippen LogP contribution in [0.15, 0.2) is 18.2 Å². The minimum Gasteiger partial charge on any atom is -0.497 e. The van der Waals surface area contributed by atoms with Gasteiger partial charge in [-0.25, -0.2) is 8.78 Å². The first-order valence-electron chi connectivity index (χ1n) is 3.07. The van der Waals surface area contributed by atoms with Gasteiger partial charge in [-0.05, 0) is 24.3 Å². The molecule has 0 atom stereocenters. The van der Waals surface area contributed by atoms with Crippen LogP contribution in [0.2, 0.25) is 0 Å². The zero-order valence-electron chi connectivity index (χ0n) is 5.97. The average Bonchev–Trinajstić information content (AvgIpc) is 2.05. The van der Waals surface area contributed by atoms with Gasteiger partial charge in [-0.3, -0.25) is 0 Å². The molecule has 0 saturated carbocycles. The maximum Gasteiger partial charge on any atom is 0.264 e. The standard InChI is InChI=1S/C8H7F2O/c1-11-7-4-2-3-6(5-7)8(9)10/h3-5,8H,1H3. The van der Waals surface area contributed by atoms with Crippen molar-refractivity contribution in [2.24, 2.45) is 0 Å². The molecular weight excluding hydrogens is 150 g/mol. The van der Waals surface area contributed by atoms with Gasteiger partial charge < -0.3 is 4.74 Å². The van der Waals surface area contributed by atoms with E-state index in [-0.39, 0.29) is 5.56 Å². The summed E-state index contributed by atoms with van der Waals surface area (Å²) in [6.07, 6.45) is -2.46. The molecular formula is C8H7F2O. The molecule has 11 heavy (non-hydrogen) atoms. The van der Waals surface area contributed by atoms with Crippen LogP contribution in [-0.2, 0) is 0 Å². The van der Waals surface area contributed by atoms with E-state index in [9.17, 15) is 8.78 Å². The Morgan fingerprint density at radius 1 is 1.45 bits per heavy atom. The topological polar surface area (TPSA) is 9.23 Å². The highest BCUT2D eigenvalue weighted by Gasteiger charge is 2.06. The third-order valence-electron chi connectivity index (χ3n) is 1.27. The van der Waals surface area contributed by atoms with Crippen LogP contribution >= 0.6 is 0 Å². The molecule has 0 N–H and O–H groups in total. The maximum absolute atomic E-state index is 12.0. The van der Waals surface area contributed by atoms with Gasteiger partial charge >= 0.3 is 0 Å². The van der Waals surface area contributed by atoms with Gasteiger partial charge in [0.05, 0.1) is 7.11 Å². The number of rotatable bonds is 2. The number of ether oxygens (including phenoxy) is 1. The summed E-state index contributed by atoms with van der Waals surface area (Å²) >= 11 is 0. The fourth-order valence-electron chi connectivity index (χ4n) is 0.711. The third kappa shape index (κ3) is 1.90. The summed E-state index contributed by atoms with van der Waals surface area (Å²) in [6, 6.07) is 6.60. The van der Waals surface area contributed by atoms with Gasteiger partial charge in [0.2, 0.25) is 0 Å². The molecule has 1 rings (SSSR count). The lowest BCUT2D eigenvalue weighted by molar-refractivity contribution is 0.151. The quantitative estimate of drug-likeness (QED) is 0.640. The SMILES string of the molecule is COc1c[c]cc(C(F)F)c1. The Balaban J connectivity index is 2.91. The number of halogens is 2. The molecule has 0 aliphatic carbocycles. The molecule has 0 saturated heterocycles. The molecule has 0 aromatic heterocycles. The molecule has 1 aromatic rings. The van der Waals surface area contributed by atoms with E-state index >= 15 is 0 Å². The summed E-state index contributed by atoms with van der Waals surface area (Å²) in [5.74, 6) is 0.405. The van der Waals surface area contributed by atoms with Crippen molar-refractivity contribution < 1.29 is 13.5 Å². The summed E-state index contributed by atoms with van der Waals surface area (Å²) < 4.78 is 28.8. The lowest BCUT2D eigenvalue weighted by Gasteiger charge is -2.01. The number of alkyl halides is 2. The van der Waals surface area contributed by atoms with Crippen molar-refractivity contribution in [2.75, 3.05) is 7.11 Å². The van der Waals surface area contributed by atoms with Gasteiger partial charge in [-0.2, -0.15) is 0 Å². The molecule has 0 amide bonds.